The molecule has 5 aromatic carbocycles. The average molecular weight is 512 g/mol. The SMILES string of the molecule is Cc1cc(C(=O)OCc2ccccc2)cc(C)c1OC(=O)c1ccc2cc3nc4ccccc4cc3cc2c1. The van der Waals surface area contributed by atoms with E-state index >= 15 is 0 Å². The Morgan fingerprint density at radius 2 is 1.33 bits per heavy atom. The van der Waals surface area contributed by atoms with Gasteiger partial charge in [-0.15, -0.1) is 0 Å². The number of pyridine rings is 1. The summed E-state index contributed by atoms with van der Waals surface area (Å²) in [5, 5.41) is 4.00. The molecule has 190 valence electrons. The van der Waals surface area contributed by atoms with Gasteiger partial charge in [-0.1, -0.05) is 54.6 Å². The maximum Gasteiger partial charge on any atom is 0.343 e. The summed E-state index contributed by atoms with van der Waals surface area (Å²) in [7, 11) is 0. The molecule has 1 heterocycles. The number of aryl methyl sites for hydroxylation is 2. The molecule has 0 aliphatic rings. The highest BCUT2D eigenvalue weighted by Gasteiger charge is 2.17. The molecule has 0 atom stereocenters. The zero-order chi connectivity index (χ0) is 26.9. The zero-order valence-electron chi connectivity index (χ0n) is 21.6. The number of fused-ring (bicyclic) bond motifs is 3. The van der Waals surface area contributed by atoms with Crippen LogP contribution in [0.4, 0.5) is 0 Å². The second-order valence-corrected chi connectivity index (χ2v) is 9.68. The summed E-state index contributed by atoms with van der Waals surface area (Å²) in [5.41, 5.74) is 4.99. The van der Waals surface area contributed by atoms with Gasteiger partial charge in [0.25, 0.3) is 0 Å². The molecule has 0 radical (unpaired) electrons. The van der Waals surface area contributed by atoms with Gasteiger partial charge in [0.15, 0.2) is 0 Å². The fourth-order valence-corrected chi connectivity index (χ4v) is 4.84. The van der Waals surface area contributed by atoms with Gasteiger partial charge in [0.2, 0.25) is 0 Å². The van der Waals surface area contributed by atoms with E-state index in [1.807, 2.05) is 92.7 Å². The summed E-state index contributed by atoms with van der Waals surface area (Å²) in [5.74, 6) is -0.444. The largest absolute Gasteiger partial charge is 0.457 e. The third kappa shape index (κ3) is 4.94. The number of hydrogen-bond donors (Lipinski definition) is 0. The van der Waals surface area contributed by atoms with Gasteiger partial charge in [0, 0.05) is 10.8 Å². The van der Waals surface area contributed by atoms with Crippen molar-refractivity contribution < 1.29 is 19.1 Å². The number of ether oxygens (including phenoxy) is 2. The predicted molar refractivity (Wildman–Crippen MR) is 153 cm³/mol. The molecule has 0 aliphatic carbocycles. The van der Waals surface area contributed by atoms with E-state index in [-0.39, 0.29) is 6.61 Å². The minimum atomic E-state index is -0.459. The lowest BCUT2D eigenvalue weighted by Gasteiger charge is -2.13. The second-order valence-electron chi connectivity index (χ2n) is 9.68. The van der Waals surface area contributed by atoms with Crippen molar-refractivity contribution in [1.82, 2.24) is 4.98 Å². The average Bonchev–Trinajstić information content (AvgIpc) is 2.95. The quantitative estimate of drug-likeness (QED) is 0.135. The van der Waals surface area contributed by atoms with E-state index in [2.05, 4.69) is 6.07 Å². The highest BCUT2D eigenvalue weighted by Crippen LogP contribution is 2.29. The summed E-state index contributed by atoms with van der Waals surface area (Å²) < 4.78 is 11.3. The summed E-state index contributed by atoms with van der Waals surface area (Å²) in [6.07, 6.45) is 0. The second kappa shape index (κ2) is 10.0. The highest BCUT2D eigenvalue weighted by atomic mass is 16.5. The Morgan fingerprint density at radius 3 is 2.13 bits per heavy atom. The Kier molecular flexibility index (Phi) is 6.25. The molecule has 0 fully saturated rings. The Hall–Kier alpha value is -5.03. The highest BCUT2D eigenvalue weighted by molar-refractivity contribution is 6.03. The van der Waals surface area contributed by atoms with Crippen molar-refractivity contribution in [3.63, 3.8) is 0 Å². The standard InChI is InChI=1S/C34H25NO4/c1-21-14-29(33(36)38-20-23-8-4-3-5-9-23)15-22(2)32(21)39-34(37)26-13-12-24-19-31-28(18-27(24)17-26)16-25-10-6-7-11-30(25)35-31/h3-19H,20H2,1-2H3. The molecule has 6 aromatic rings. The molecule has 39 heavy (non-hydrogen) atoms. The number of nitrogens with zero attached hydrogens (tertiary/aromatic N) is 1. The van der Waals surface area contributed by atoms with Crippen LogP contribution in [0.3, 0.4) is 0 Å². The molecule has 0 amide bonds. The van der Waals surface area contributed by atoms with Crippen LogP contribution >= 0.6 is 0 Å². The first-order valence-corrected chi connectivity index (χ1v) is 12.7. The molecular formula is C34H25NO4. The first-order valence-electron chi connectivity index (χ1n) is 12.7. The first kappa shape index (κ1) is 24.3. The van der Waals surface area contributed by atoms with Crippen molar-refractivity contribution in [1.29, 1.82) is 0 Å². The third-order valence-corrected chi connectivity index (χ3v) is 6.81. The molecular weight excluding hydrogens is 486 g/mol. The van der Waals surface area contributed by atoms with E-state index in [1.54, 1.807) is 18.2 Å². The molecule has 0 bridgehead atoms. The molecule has 6 rings (SSSR count). The number of benzene rings is 5. The van der Waals surface area contributed by atoms with Crippen molar-refractivity contribution >= 4 is 44.5 Å². The van der Waals surface area contributed by atoms with Crippen LogP contribution in [0.5, 0.6) is 5.75 Å². The number of para-hydroxylation sites is 1. The maximum atomic E-state index is 13.2. The van der Waals surface area contributed by atoms with Crippen LogP contribution in [-0.2, 0) is 11.3 Å². The van der Waals surface area contributed by atoms with Gasteiger partial charge in [-0.25, -0.2) is 14.6 Å². The Morgan fingerprint density at radius 1 is 0.615 bits per heavy atom. The molecule has 1 aromatic heterocycles. The molecule has 0 saturated carbocycles. The molecule has 5 nitrogen and oxygen atoms in total. The third-order valence-electron chi connectivity index (χ3n) is 6.81. The predicted octanol–water partition coefficient (Wildman–Crippen LogP) is 7.73. The van der Waals surface area contributed by atoms with Crippen molar-refractivity contribution in [3.05, 3.63) is 131 Å². The Labute approximate surface area is 225 Å². The van der Waals surface area contributed by atoms with E-state index in [1.165, 1.54) is 0 Å². The van der Waals surface area contributed by atoms with Crippen LogP contribution in [0.1, 0.15) is 37.4 Å². The summed E-state index contributed by atoms with van der Waals surface area (Å²) in [6, 6.07) is 32.6. The minimum Gasteiger partial charge on any atom is -0.457 e. The van der Waals surface area contributed by atoms with Crippen LogP contribution in [0.25, 0.3) is 32.6 Å². The smallest absolute Gasteiger partial charge is 0.343 e. The fraction of sp³-hybridized carbons (Fsp3) is 0.0882. The maximum absolute atomic E-state index is 13.2. The molecule has 0 aliphatic heterocycles. The van der Waals surface area contributed by atoms with Crippen molar-refractivity contribution in [3.8, 4) is 5.75 Å². The van der Waals surface area contributed by atoms with Crippen LogP contribution in [0.2, 0.25) is 0 Å². The van der Waals surface area contributed by atoms with E-state index in [9.17, 15) is 9.59 Å². The summed E-state index contributed by atoms with van der Waals surface area (Å²) >= 11 is 0. The molecule has 0 saturated heterocycles. The summed E-state index contributed by atoms with van der Waals surface area (Å²) in [6.45, 7) is 3.82. The van der Waals surface area contributed by atoms with E-state index < -0.39 is 11.9 Å². The van der Waals surface area contributed by atoms with Gasteiger partial charge in [-0.3, -0.25) is 0 Å². The van der Waals surface area contributed by atoms with Crippen LogP contribution in [0.15, 0.2) is 103 Å². The van der Waals surface area contributed by atoms with Crippen LogP contribution in [0, 0.1) is 13.8 Å². The lowest BCUT2D eigenvalue weighted by Crippen LogP contribution is -2.12. The molecule has 5 heteroatoms. The Balaban J connectivity index is 1.23. The molecule has 0 unspecified atom stereocenters. The van der Waals surface area contributed by atoms with Gasteiger partial charge in [0.1, 0.15) is 12.4 Å². The summed E-state index contributed by atoms with van der Waals surface area (Å²) in [4.78, 5) is 30.6. The van der Waals surface area contributed by atoms with Gasteiger partial charge < -0.3 is 9.47 Å². The molecule has 0 spiro atoms. The number of hydrogen-bond acceptors (Lipinski definition) is 5. The van der Waals surface area contributed by atoms with Crippen LogP contribution in [-0.4, -0.2) is 16.9 Å². The first-order chi connectivity index (χ1) is 18.9. The van der Waals surface area contributed by atoms with Gasteiger partial charge in [0.05, 0.1) is 22.2 Å². The Bertz CT molecular complexity index is 1870. The van der Waals surface area contributed by atoms with Gasteiger partial charge >= 0.3 is 11.9 Å². The topological polar surface area (TPSA) is 65.5 Å². The number of rotatable bonds is 5. The van der Waals surface area contributed by atoms with Crippen molar-refractivity contribution in [2.75, 3.05) is 0 Å². The lowest BCUT2D eigenvalue weighted by atomic mass is 10.0. The van der Waals surface area contributed by atoms with Gasteiger partial charge in [-0.2, -0.15) is 0 Å². The lowest BCUT2D eigenvalue weighted by molar-refractivity contribution is 0.0472. The van der Waals surface area contributed by atoms with Crippen molar-refractivity contribution in [2.45, 2.75) is 20.5 Å². The van der Waals surface area contributed by atoms with E-state index in [4.69, 9.17) is 14.5 Å². The molecule has 0 N–H and O–H groups in total. The van der Waals surface area contributed by atoms with Crippen LogP contribution < -0.4 is 4.74 Å². The van der Waals surface area contributed by atoms with Gasteiger partial charge in [-0.05, 0) is 89.8 Å². The zero-order valence-corrected chi connectivity index (χ0v) is 21.6. The monoisotopic (exact) mass is 511 g/mol. The number of esters is 2. The minimum absolute atomic E-state index is 0.193. The number of carbonyl (C=O) groups excluding carboxylic acids is 2. The fourth-order valence-electron chi connectivity index (χ4n) is 4.84. The van der Waals surface area contributed by atoms with Crippen molar-refractivity contribution in [2.24, 2.45) is 0 Å². The van der Waals surface area contributed by atoms with E-state index in [0.29, 0.717) is 28.0 Å². The number of carbonyl (C=O) groups is 2. The number of aromatic nitrogens is 1. The normalized spacial score (nSPS) is 11.1. The van der Waals surface area contributed by atoms with E-state index in [0.717, 1.165) is 38.1 Å².